The zero-order valence-electron chi connectivity index (χ0n) is 7.96. The van der Waals surface area contributed by atoms with Crippen molar-refractivity contribution in [2.45, 2.75) is 6.54 Å². The van der Waals surface area contributed by atoms with E-state index in [-0.39, 0.29) is 0 Å². The topological polar surface area (TPSA) is 80.5 Å². The molecule has 2 rings (SSSR count). The summed E-state index contributed by atoms with van der Waals surface area (Å²) in [7, 11) is 0. The fraction of sp³-hybridized carbons (Fsp3) is 0.100. The van der Waals surface area contributed by atoms with Crippen LogP contribution in [0.25, 0.3) is 5.82 Å². The van der Waals surface area contributed by atoms with E-state index in [1.807, 2.05) is 18.2 Å². The molecule has 0 spiro atoms. The number of nitriles is 1. The molecular weight excluding hydrogens is 190 g/mol. The fourth-order valence-corrected chi connectivity index (χ4v) is 1.36. The van der Waals surface area contributed by atoms with Gasteiger partial charge in [0.15, 0.2) is 0 Å². The number of aromatic nitrogens is 3. The van der Waals surface area contributed by atoms with Gasteiger partial charge in [0.1, 0.15) is 11.9 Å². The molecular formula is C10H9N5. The van der Waals surface area contributed by atoms with E-state index in [1.165, 1.54) is 0 Å². The molecule has 0 fully saturated rings. The molecule has 0 atom stereocenters. The van der Waals surface area contributed by atoms with Crippen LogP contribution in [0.2, 0.25) is 0 Å². The van der Waals surface area contributed by atoms with Crippen molar-refractivity contribution in [2.24, 2.45) is 5.73 Å². The van der Waals surface area contributed by atoms with Crippen LogP contribution in [0.3, 0.4) is 0 Å². The van der Waals surface area contributed by atoms with Crippen molar-refractivity contribution in [2.75, 3.05) is 0 Å². The first-order valence-electron chi connectivity index (χ1n) is 4.44. The SMILES string of the molecule is N#Cc1nccn1-c1ncccc1CN. The summed E-state index contributed by atoms with van der Waals surface area (Å²) >= 11 is 0. The monoisotopic (exact) mass is 199 g/mol. The first-order chi connectivity index (χ1) is 7.36. The van der Waals surface area contributed by atoms with Crippen molar-refractivity contribution >= 4 is 0 Å². The lowest BCUT2D eigenvalue weighted by molar-refractivity contribution is 0.918. The maximum absolute atomic E-state index is 8.84. The molecule has 0 aromatic carbocycles. The Balaban J connectivity index is 2.59. The van der Waals surface area contributed by atoms with E-state index in [0.29, 0.717) is 18.2 Å². The average molecular weight is 199 g/mol. The first-order valence-corrected chi connectivity index (χ1v) is 4.44. The lowest BCUT2D eigenvalue weighted by Gasteiger charge is -2.06. The zero-order valence-corrected chi connectivity index (χ0v) is 7.96. The summed E-state index contributed by atoms with van der Waals surface area (Å²) < 4.78 is 1.63. The minimum absolute atomic E-state index is 0.309. The Bertz CT molecular complexity index is 509. The molecule has 0 amide bonds. The molecule has 5 nitrogen and oxygen atoms in total. The minimum atomic E-state index is 0.309. The predicted octanol–water partition coefficient (Wildman–Crippen LogP) is 0.598. The van der Waals surface area contributed by atoms with Crippen molar-refractivity contribution in [3.05, 3.63) is 42.1 Å². The number of imidazole rings is 1. The number of hydrogen-bond acceptors (Lipinski definition) is 4. The van der Waals surface area contributed by atoms with Crippen LogP contribution in [0.15, 0.2) is 30.7 Å². The van der Waals surface area contributed by atoms with Gasteiger partial charge in [-0.15, -0.1) is 0 Å². The largest absolute Gasteiger partial charge is 0.326 e. The molecule has 0 saturated heterocycles. The van der Waals surface area contributed by atoms with Crippen LogP contribution in [0, 0.1) is 11.3 Å². The first kappa shape index (κ1) is 9.37. The second kappa shape index (κ2) is 3.90. The normalized spacial score (nSPS) is 9.87. The van der Waals surface area contributed by atoms with Crippen LogP contribution in [0.4, 0.5) is 0 Å². The highest BCUT2D eigenvalue weighted by atomic mass is 15.1. The van der Waals surface area contributed by atoms with Crippen LogP contribution < -0.4 is 5.73 Å². The number of nitrogens with two attached hydrogens (primary N) is 1. The summed E-state index contributed by atoms with van der Waals surface area (Å²) in [5.41, 5.74) is 6.47. The van der Waals surface area contributed by atoms with Gasteiger partial charge >= 0.3 is 0 Å². The Morgan fingerprint density at radius 2 is 2.27 bits per heavy atom. The minimum Gasteiger partial charge on any atom is -0.326 e. The molecule has 15 heavy (non-hydrogen) atoms. The Kier molecular flexibility index (Phi) is 2.44. The lowest BCUT2D eigenvalue weighted by Crippen LogP contribution is -2.07. The van der Waals surface area contributed by atoms with Gasteiger partial charge in [0, 0.05) is 30.7 Å². The number of pyridine rings is 1. The van der Waals surface area contributed by atoms with Gasteiger partial charge in [-0.2, -0.15) is 5.26 Å². The molecule has 0 aliphatic rings. The molecule has 2 heterocycles. The van der Waals surface area contributed by atoms with Crippen LogP contribution in [-0.2, 0) is 6.54 Å². The molecule has 0 radical (unpaired) electrons. The maximum atomic E-state index is 8.84. The van der Waals surface area contributed by atoms with Gasteiger partial charge in [-0.3, -0.25) is 4.57 Å². The third-order valence-corrected chi connectivity index (χ3v) is 2.06. The van der Waals surface area contributed by atoms with Gasteiger partial charge in [-0.05, 0) is 6.07 Å². The van der Waals surface area contributed by atoms with E-state index >= 15 is 0 Å². The third-order valence-electron chi connectivity index (χ3n) is 2.06. The summed E-state index contributed by atoms with van der Waals surface area (Å²) in [6.07, 6.45) is 4.92. The number of hydrogen-bond donors (Lipinski definition) is 1. The van der Waals surface area contributed by atoms with Crippen molar-refractivity contribution in [1.82, 2.24) is 14.5 Å². The van der Waals surface area contributed by atoms with Crippen molar-refractivity contribution in [1.29, 1.82) is 5.26 Å². The summed E-state index contributed by atoms with van der Waals surface area (Å²) in [6.45, 7) is 0.381. The molecule has 0 bridgehead atoms. The van der Waals surface area contributed by atoms with Crippen LogP contribution in [0.1, 0.15) is 11.4 Å². The summed E-state index contributed by atoms with van der Waals surface area (Å²) in [4.78, 5) is 8.10. The number of rotatable bonds is 2. The summed E-state index contributed by atoms with van der Waals surface area (Å²) in [5, 5.41) is 8.84. The van der Waals surface area contributed by atoms with Crippen molar-refractivity contribution in [3.8, 4) is 11.9 Å². The van der Waals surface area contributed by atoms with E-state index in [4.69, 9.17) is 11.0 Å². The third kappa shape index (κ3) is 1.58. The van der Waals surface area contributed by atoms with E-state index in [9.17, 15) is 0 Å². The van der Waals surface area contributed by atoms with Crippen molar-refractivity contribution < 1.29 is 0 Å². The highest BCUT2D eigenvalue weighted by Gasteiger charge is 2.08. The molecule has 0 aliphatic carbocycles. The summed E-state index contributed by atoms with van der Waals surface area (Å²) in [6, 6.07) is 5.69. The van der Waals surface area contributed by atoms with Gasteiger partial charge in [0.25, 0.3) is 0 Å². The zero-order chi connectivity index (χ0) is 10.7. The second-order valence-electron chi connectivity index (χ2n) is 2.92. The Morgan fingerprint density at radius 1 is 1.40 bits per heavy atom. The molecule has 74 valence electrons. The smallest absolute Gasteiger partial charge is 0.218 e. The van der Waals surface area contributed by atoms with Gasteiger partial charge in [-0.1, -0.05) is 6.07 Å². The van der Waals surface area contributed by atoms with E-state index < -0.39 is 0 Å². The second-order valence-corrected chi connectivity index (χ2v) is 2.92. The predicted molar refractivity (Wildman–Crippen MR) is 54.0 cm³/mol. The molecule has 0 unspecified atom stereocenters. The van der Waals surface area contributed by atoms with Crippen LogP contribution >= 0.6 is 0 Å². The average Bonchev–Trinajstić information content (AvgIpc) is 2.76. The fourth-order valence-electron chi connectivity index (χ4n) is 1.36. The highest BCUT2D eigenvalue weighted by Crippen LogP contribution is 2.12. The Hall–Kier alpha value is -2.19. The highest BCUT2D eigenvalue weighted by molar-refractivity contribution is 5.36. The van der Waals surface area contributed by atoms with Crippen LogP contribution in [0.5, 0.6) is 0 Å². The molecule has 2 aromatic rings. The molecule has 0 saturated carbocycles. The molecule has 0 aliphatic heterocycles. The van der Waals surface area contributed by atoms with Gasteiger partial charge in [-0.25, -0.2) is 9.97 Å². The lowest BCUT2D eigenvalue weighted by atomic mass is 10.2. The summed E-state index contributed by atoms with van der Waals surface area (Å²) in [5.74, 6) is 0.970. The van der Waals surface area contributed by atoms with Gasteiger partial charge in [0.05, 0.1) is 0 Å². The van der Waals surface area contributed by atoms with Gasteiger partial charge < -0.3 is 5.73 Å². The van der Waals surface area contributed by atoms with Crippen molar-refractivity contribution in [3.63, 3.8) is 0 Å². The molecule has 2 aromatic heterocycles. The Morgan fingerprint density at radius 3 is 3.00 bits per heavy atom. The Labute approximate surface area is 86.8 Å². The van der Waals surface area contributed by atoms with E-state index in [1.54, 1.807) is 23.2 Å². The quantitative estimate of drug-likeness (QED) is 0.767. The van der Waals surface area contributed by atoms with E-state index in [2.05, 4.69) is 9.97 Å². The number of nitrogens with zero attached hydrogens (tertiary/aromatic N) is 4. The van der Waals surface area contributed by atoms with E-state index in [0.717, 1.165) is 5.56 Å². The van der Waals surface area contributed by atoms with Crippen LogP contribution in [-0.4, -0.2) is 14.5 Å². The van der Waals surface area contributed by atoms with Gasteiger partial charge in [0.2, 0.25) is 5.82 Å². The molecule has 2 N–H and O–H groups in total. The standard InChI is InChI=1S/C10H9N5/c11-6-8-2-1-3-14-10(8)15-5-4-13-9(15)7-12/h1-5H,6,11H2. The maximum Gasteiger partial charge on any atom is 0.218 e. The molecule has 5 heteroatoms.